The molecule has 0 saturated carbocycles. The zero-order chi connectivity index (χ0) is 10.1. The molecular formula is C10H14ClNO. The third-order valence-electron chi connectivity index (χ3n) is 1.30. The van der Waals surface area contributed by atoms with Crippen LogP contribution in [-0.2, 0) is 4.79 Å². The van der Waals surface area contributed by atoms with Gasteiger partial charge in [-0.1, -0.05) is 18.5 Å². The molecule has 0 radical (unpaired) electrons. The van der Waals surface area contributed by atoms with Crippen LogP contribution in [0.2, 0.25) is 5.02 Å². The Hall–Kier alpha value is -1.02. The highest BCUT2D eigenvalue weighted by molar-refractivity contribution is 6.30. The van der Waals surface area contributed by atoms with Gasteiger partial charge in [0.05, 0.1) is 0 Å². The van der Waals surface area contributed by atoms with Crippen LogP contribution in [0, 0.1) is 0 Å². The molecule has 1 N–H and O–H groups in total. The van der Waals surface area contributed by atoms with Crippen molar-refractivity contribution in [2.45, 2.75) is 13.3 Å². The summed E-state index contributed by atoms with van der Waals surface area (Å²) in [7, 11) is 1.88. The van der Waals surface area contributed by atoms with Gasteiger partial charge in [0.1, 0.15) is 6.29 Å². The van der Waals surface area contributed by atoms with Gasteiger partial charge >= 0.3 is 0 Å². The highest BCUT2D eigenvalue weighted by Crippen LogP contribution is 2.11. The van der Waals surface area contributed by atoms with Crippen molar-refractivity contribution in [3.8, 4) is 0 Å². The van der Waals surface area contributed by atoms with Crippen LogP contribution in [0.4, 0.5) is 5.69 Å². The van der Waals surface area contributed by atoms with Gasteiger partial charge in [-0.3, -0.25) is 0 Å². The van der Waals surface area contributed by atoms with Crippen molar-refractivity contribution in [1.29, 1.82) is 0 Å². The molecule has 1 aromatic rings. The number of hydrogen-bond donors (Lipinski definition) is 1. The highest BCUT2D eigenvalue weighted by Gasteiger charge is 1.85. The molecule has 13 heavy (non-hydrogen) atoms. The zero-order valence-electron chi connectivity index (χ0n) is 7.88. The lowest BCUT2D eigenvalue weighted by Crippen LogP contribution is -1.84. The van der Waals surface area contributed by atoms with Crippen molar-refractivity contribution < 1.29 is 4.79 Å². The van der Waals surface area contributed by atoms with E-state index in [1.807, 2.05) is 38.2 Å². The topological polar surface area (TPSA) is 29.1 Å². The molecule has 1 rings (SSSR count). The van der Waals surface area contributed by atoms with Crippen molar-refractivity contribution in [1.82, 2.24) is 0 Å². The lowest BCUT2D eigenvalue weighted by Gasteiger charge is -1.96. The molecule has 0 fully saturated rings. The van der Waals surface area contributed by atoms with E-state index in [0.29, 0.717) is 6.42 Å². The summed E-state index contributed by atoms with van der Waals surface area (Å²) in [6, 6.07) is 7.57. The van der Waals surface area contributed by atoms with E-state index in [0.717, 1.165) is 17.0 Å². The minimum atomic E-state index is 0.639. The number of carbonyl (C=O) groups excluding carboxylic acids is 1. The molecule has 72 valence electrons. The van der Waals surface area contributed by atoms with E-state index in [9.17, 15) is 4.79 Å². The van der Waals surface area contributed by atoms with Gasteiger partial charge in [-0.05, 0) is 24.3 Å². The summed E-state index contributed by atoms with van der Waals surface area (Å²) in [4.78, 5) is 9.17. The molecule has 0 heterocycles. The van der Waals surface area contributed by atoms with Gasteiger partial charge < -0.3 is 10.1 Å². The molecule has 2 nitrogen and oxygen atoms in total. The van der Waals surface area contributed by atoms with Gasteiger partial charge in [0, 0.05) is 24.2 Å². The lowest BCUT2D eigenvalue weighted by atomic mass is 10.3. The number of hydrogen-bond acceptors (Lipinski definition) is 2. The summed E-state index contributed by atoms with van der Waals surface area (Å²) < 4.78 is 0. The fourth-order valence-electron chi connectivity index (χ4n) is 0.617. The predicted octanol–water partition coefficient (Wildman–Crippen LogP) is 2.98. The van der Waals surface area contributed by atoms with Crippen LogP contribution >= 0.6 is 11.6 Å². The van der Waals surface area contributed by atoms with Crippen molar-refractivity contribution in [3.63, 3.8) is 0 Å². The molecular weight excluding hydrogens is 186 g/mol. The van der Waals surface area contributed by atoms with E-state index in [4.69, 9.17) is 11.6 Å². The summed E-state index contributed by atoms with van der Waals surface area (Å²) in [6.45, 7) is 1.81. The second-order valence-electron chi connectivity index (χ2n) is 2.33. The first-order chi connectivity index (χ1) is 6.24. The van der Waals surface area contributed by atoms with E-state index in [1.54, 1.807) is 0 Å². The number of rotatable bonds is 2. The molecule has 0 atom stereocenters. The minimum Gasteiger partial charge on any atom is -0.388 e. The van der Waals surface area contributed by atoms with Crippen LogP contribution in [0.3, 0.4) is 0 Å². The Balaban J connectivity index is 0.000000310. The first-order valence-corrected chi connectivity index (χ1v) is 4.49. The molecule has 3 heteroatoms. The fraction of sp³-hybridized carbons (Fsp3) is 0.300. The molecule has 0 saturated heterocycles. The van der Waals surface area contributed by atoms with Crippen LogP contribution in [0.15, 0.2) is 24.3 Å². The Morgan fingerprint density at radius 2 is 1.85 bits per heavy atom. The van der Waals surface area contributed by atoms with Crippen LogP contribution < -0.4 is 5.32 Å². The van der Waals surface area contributed by atoms with E-state index in [1.165, 1.54) is 0 Å². The monoisotopic (exact) mass is 199 g/mol. The maximum Gasteiger partial charge on any atom is 0.119 e. The first kappa shape index (κ1) is 12.0. The second-order valence-corrected chi connectivity index (χ2v) is 2.77. The number of benzene rings is 1. The van der Waals surface area contributed by atoms with Gasteiger partial charge in [0.2, 0.25) is 0 Å². The quantitative estimate of drug-likeness (QED) is 0.742. The zero-order valence-corrected chi connectivity index (χ0v) is 8.64. The average Bonchev–Trinajstić information content (AvgIpc) is 2.19. The predicted molar refractivity (Wildman–Crippen MR) is 57.4 cm³/mol. The third-order valence-corrected chi connectivity index (χ3v) is 1.55. The molecule has 0 spiro atoms. The van der Waals surface area contributed by atoms with Gasteiger partial charge in [-0.25, -0.2) is 0 Å². The van der Waals surface area contributed by atoms with Crippen LogP contribution in [-0.4, -0.2) is 13.3 Å². The maximum atomic E-state index is 9.17. The SMILES string of the molecule is CCC=O.CNc1ccc(Cl)cc1. The summed E-state index contributed by atoms with van der Waals surface area (Å²) >= 11 is 5.64. The number of nitrogens with one attached hydrogen (secondary N) is 1. The molecule has 0 unspecified atom stereocenters. The van der Waals surface area contributed by atoms with Gasteiger partial charge in [0.15, 0.2) is 0 Å². The third kappa shape index (κ3) is 6.17. The second kappa shape index (κ2) is 7.62. The van der Waals surface area contributed by atoms with E-state index < -0.39 is 0 Å². The van der Waals surface area contributed by atoms with E-state index >= 15 is 0 Å². The van der Waals surface area contributed by atoms with E-state index in [-0.39, 0.29) is 0 Å². The van der Waals surface area contributed by atoms with Gasteiger partial charge in [0.25, 0.3) is 0 Å². The number of anilines is 1. The Labute approximate surface area is 83.9 Å². The normalized spacial score (nSPS) is 8.23. The van der Waals surface area contributed by atoms with Gasteiger partial charge in [-0.15, -0.1) is 0 Å². The summed E-state index contributed by atoms with van der Waals surface area (Å²) in [6.07, 6.45) is 1.51. The molecule has 0 bridgehead atoms. The largest absolute Gasteiger partial charge is 0.388 e. The summed E-state index contributed by atoms with van der Waals surface area (Å²) in [5.74, 6) is 0. The van der Waals surface area contributed by atoms with Crippen molar-refractivity contribution in [2.75, 3.05) is 12.4 Å². The van der Waals surface area contributed by atoms with Gasteiger partial charge in [-0.2, -0.15) is 0 Å². The van der Waals surface area contributed by atoms with Crippen LogP contribution in [0.5, 0.6) is 0 Å². The van der Waals surface area contributed by atoms with Crippen LogP contribution in [0.1, 0.15) is 13.3 Å². The molecule has 0 amide bonds. The first-order valence-electron chi connectivity index (χ1n) is 4.11. The van der Waals surface area contributed by atoms with Crippen molar-refractivity contribution >= 4 is 23.6 Å². The standard InChI is InChI=1S/C7H8ClN.C3H6O/c1-9-7-4-2-6(8)3-5-7;1-2-3-4/h2-5,9H,1H3;3H,2H2,1H3. The summed E-state index contributed by atoms with van der Waals surface area (Å²) in [5, 5.41) is 3.77. The number of carbonyl (C=O) groups is 1. The molecule has 0 aromatic heterocycles. The average molecular weight is 200 g/mol. The lowest BCUT2D eigenvalue weighted by molar-refractivity contribution is -0.107. The van der Waals surface area contributed by atoms with E-state index in [2.05, 4.69) is 5.32 Å². The fourth-order valence-corrected chi connectivity index (χ4v) is 0.743. The number of aldehydes is 1. The maximum absolute atomic E-state index is 9.17. The Morgan fingerprint density at radius 1 is 1.38 bits per heavy atom. The smallest absolute Gasteiger partial charge is 0.119 e. The molecule has 0 aliphatic carbocycles. The number of halogens is 1. The molecule has 1 aromatic carbocycles. The Kier molecular flexibility index (Phi) is 7.02. The van der Waals surface area contributed by atoms with Crippen molar-refractivity contribution in [3.05, 3.63) is 29.3 Å². The van der Waals surface area contributed by atoms with Crippen molar-refractivity contribution in [2.24, 2.45) is 0 Å². The Bertz CT molecular complexity index is 233. The molecule has 0 aliphatic rings. The summed E-state index contributed by atoms with van der Waals surface area (Å²) in [5.41, 5.74) is 1.08. The Morgan fingerprint density at radius 3 is 2.15 bits per heavy atom. The highest BCUT2D eigenvalue weighted by atomic mass is 35.5. The molecule has 0 aliphatic heterocycles. The van der Waals surface area contributed by atoms with Crippen LogP contribution in [0.25, 0.3) is 0 Å². The minimum absolute atomic E-state index is 0.639.